The molecular weight excluding hydrogens is 388 g/mol. The molecule has 0 unspecified atom stereocenters. The lowest BCUT2D eigenvalue weighted by Crippen LogP contribution is -2.28. The molecule has 152 valence electrons. The molecule has 0 bridgehead atoms. The summed E-state index contributed by atoms with van der Waals surface area (Å²) in [5.41, 5.74) is 1.45. The Morgan fingerprint density at radius 1 is 1.03 bits per heavy atom. The second-order valence-corrected chi connectivity index (χ2v) is 6.49. The van der Waals surface area contributed by atoms with E-state index >= 15 is 0 Å². The molecule has 4 rings (SSSR count). The summed E-state index contributed by atoms with van der Waals surface area (Å²) in [5, 5.41) is 10.3. The van der Waals surface area contributed by atoms with Crippen LogP contribution in [0, 0.1) is 0 Å². The highest BCUT2D eigenvalue weighted by atomic mass is 16.5. The van der Waals surface area contributed by atoms with Crippen LogP contribution in [-0.2, 0) is 9.59 Å². The number of ether oxygens (including phenoxy) is 1. The van der Waals surface area contributed by atoms with Crippen LogP contribution in [0.3, 0.4) is 0 Å². The lowest BCUT2D eigenvalue weighted by atomic mass is 10.2. The van der Waals surface area contributed by atoms with E-state index in [4.69, 9.17) is 9.15 Å². The van der Waals surface area contributed by atoms with Crippen LogP contribution in [0.1, 0.15) is 30.1 Å². The molecule has 3 aromatic rings. The average molecular weight is 406 g/mol. The summed E-state index contributed by atoms with van der Waals surface area (Å²) >= 11 is 0. The van der Waals surface area contributed by atoms with Crippen LogP contribution in [0.2, 0.25) is 0 Å². The van der Waals surface area contributed by atoms with Crippen molar-refractivity contribution in [3.63, 3.8) is 0 Å². The number of imide groups is 1. The molecule has 1 aliphatic rings. The Hall–Kier alpha value is -4.01. The van der Waals surface area contributed by atoms with Crippen LogP contribution in [0.25, 0.3) is 11.5 Å². The zero-order valence-corrected chi connectivity index (χ0v) is 16.1. The van der Waals surface area contributed by atoms with Crippen LogP contribution in [0.4, 0.5) is 11.7 Å². The van der Waals surface area contributed by atoms with E-state index in [0.717, 1.165) is 10.6 Å². The quantitative estimate of drug-likeness (QED) is 0.626. The highest BCUT2D eigenvalue weighted by molar-refractivity contribution is 6.20. The molecule has 1 saturated heterocycles. The zero-order valence-electron chi connectivity index (χ0n) is 16.1. The minimum Gasteiger partial charge on any atom is -0.494 e. The molecule has 30 heavy (non-hydrogen) atoms. The van der Waals surface area contributed by atoms with Gasteiger partial charge in [-0.25, -0.2) is 0 Å². The summed E-state index contributed by atoms with van der Waals surface area (Å²) < 4.78 is 10.9. The molecule has 0 atom stereocenters. The highest BCUT2D eigenvalue weighted by Gasteiger charge is 2.30. The third-order valence-electron chi connectivity index (χ3n) is 4.50. The van der Waals surface area contributed by atoms with Crippen molar-refractivity contribution in [2.45, 2.75) is 19.8 Å². The van der Waals surface area contributed by atoms with E-state index in [-0.39, 0.29) is 36.6 Å². The molecule has 1 N–H and O–H groups in total. The maximum Gasteiger partial charge on any atom is 0.322 e. The van der Waals surface area contributed by atoms with Gasteiger partial charge in [-0.15, -0.1) is 5.10 Å². The maximum atomic E-state index is 12.4. The summed E-state index contributed by atoms with van der Waals surface area (Å²) in [4.78, 5) is 37.2. The third kappa shape index (κ3) is 3.90. The Balaban J connectivity index is 1.43. The smallest absolute Gasteiger partial charge is 0.322 e. The van der Waals surface area contributed by atoms with Crippen LogP contribution in [0.15, 0.2) is 52.9 Å². The molecule has 0 aliphatic carbocycles. The molecule has 1 aliphatic heterocycles. The fraction of sp³-hybridized carbons (Fsp3) is 0.190. The number of amides is 3. The molecule has 0 saturated carbocycles. The topological polar surface area (TPSA) is 115 Å². The summed E-state index contributed by atoms with van der Waals surface area (Å²) in [6.45, 7) is 2.47. The van der Waals surface area contributed by atoms with Gasteiger partial charge in [-0.1, -0.05) is 5.10 Å². The van der Waals surface area contributed by atoms with Crippen molar-refractivity contribution >= 4 is 29.4 Å². The summed E-state index contributed by atoms with van der Waals surface area (Å²) in [6.07, 6.45) is 0.407. The van der Waals surface area contributed by atoms with Crippen LogP contribution < -0.4 is 15.0 Å². The van der Waals surface area contributed by atoms with E-state index in [2.05, 4.69) is 15.5 Å². The van der Waals surface area contributed by atoms with Gasteiger partial charge in [0, 0.05) is 24.0 Å². The van der Waals surface area contributed by atoms with Gasteiger partial charge in [0.05, 0.1) is 12.3 Å². The van der Waals surface area contributed by atoms with Crippen LogP contribution in [-0.4, -0.2) is 34.5 Å². The zero-order chi connectivity index (χ0) is 21.1. The molecule has 0 spiro atoms. The highest BCUT2D eigenvalue weighted by Crippen LogP contribution is 2.24. The molecule has 1 fully saturated rings. The number of carbonyl (C=O) groups is 3. The van der Waals surface area contributed by atoms with Gasteiger partial charge in [0.15, 0.2) is 0 Å². The minimum atomic E-state index is -0.456. The van der Waals surface area contributed by atoms with E-state index in [1.165, 1.54) is 12.1 Å². The largest absolute Gasteiger partial charge is 0.494 e. The number of hydrogen-bond donors (Lipinski definition) is 1. The number of carbonyl (C=O) groups excluding carboxylic acids is 3. The molecule has 3 amide bonds. The second kappa shape index (κ2) is 8.16. The van der Waals surface area contributed by atoms with Crippen molar-refractivity contribution in [1.82, 2.24) is 10.2 Å². The normalized spacial score (nSPS) is 13.6. The van der Waals surface area contributed by atoms with E-state index in [9.17, 15) is 14.4 Å². The van der Waals surface area contributed by atoms with Crippen molar-refractivity contribution in [3.8, 4) is 17.2 Å². The number of rotatable bonds is 6. The van der Waals surface area contributed by atoms with E-state index < -0.39 is 5.91 Å². The first-order chi connectivity index (χ1) is 14.5. The lowest BCUT2D eigenvalue weighted by Gasteiger charge is -2.13. The average Bonchev–Trinajstić information content (AvgIpc) is 3.35. The molecular formula is C21H18N4O5. The number of anilines is 2. The molecule has 2 heterocycles. The lowest BCUT2D eigenvalue weighted by molar-refractivity contribution is -0.121. The Bertz CT molecular complexity index is 1070. The van der Waals surface area contributed by atoms with Crippen molar-refractivity contribution in [2.24, 2.45) is 0 Å². The van der Waals surface area contributed by atoms with Gasteiger partial charge in [0.2, 0.25) is 17.7 Å². The van der Waals surface area contributed by atoms with Gasteiger partial charge < -0.3 is 9.15 Å². The number of nitrogens with one attached hydrogen (secondary N) is 1. The maximum absolute atomic E-state index is 12.4. The first kappa shape index (κ1) is 19.3. The van der Waals surface area contributed by atoms with Gasteiger partial charge in [-0.2, -0.15) is 0 Å². The van der Waals surface area contributed by atoms with Crippen molar-refractivity contribution in [1.29, 1.82) is 0 Å². The van der Waals surface area contributed by atoms with Crippen molar-refractivity contribution < 1.29 is 23.5 Å². The Labute approximate surface area is 171 Å². The first-order valence-electron chi connectivity index (χ1n) is 9.39. The number of hydrogen-bond acceptors (Lipinski definition) is 7. The molecule has 9 heteroatoms. The van der Waals surface area contributed by atoms with Crippen molar-refractivity contribution in [3.05, 3.63) is 54.1 Å². The fourth-order valence-electron chi connectivity index (χ4n) is 3.05. The Kier molecular flexibility index (Phi) is 5.25. The predicted molar refractivity (Wildman–Crippen MR) is 107 cm³/mol. The van der Waals surface area contributed by atoms with E-state index in [1.54, 1.807) is 36.4 Å². The number of benzene rings is 2. The summed E-state index contributed by atoms with van der Waals surface area (Å²) in [5.74, 6) is 0.0436. The number of nitrogens with zero attached hydrogens (tertiary/aromatic N) is 3. The molecule has 2 aromatic carbocycles. The van der Waals surface area contributed by atoms with Gasteiger partial charge >= 0.3 is 6.01 Å². The van der Waals surface area contributed by atoms with Gasteiger partial charge in [-0.05, 0) is 55.5 Å². The van der Waals surface area contributed by atoms with Gasteiger partial charge in [-0.3, -0.25) is 24.6 Å². The monoisotopic (exact) mass is 406 g/mol. The fourth-order valence-corrected chi connectivity index (χ4v) is 3.05. The SMILES string of the molecule is CCOc1ccc(-c2nnc(NC(=O)c3ccc(N4C(=O)CCC4=O)cc3)o2)cc1. The Morgan fingerprint density at radius 2 is 1.70 bits per heavy atom. The van der Waals surface area contributed by atoms with E-state index in [0.29, 0.717) is 23.4 Å². The predicted octanol–water partition coefficient (Wildman–Crippen LogP) is 3.04. The van der Waals surface area contributed by atoms with Gasteiger partial charge in [0.1, 0.15) is 5.75 Å². The second-order valence-electron chi connectivity index (χ2n) is 6.49. The Morgan fingerprint density at radius 3 is 2.33 bits per heavy atom. The van der Waals surface area contributed by atoms with Crippen molar-refractivity contribution in [2.75, 3.05) is 16.8 Å². The standard InChI is InChI=1S/C21H18N4O5/c1-2-29-16-9-5-14(6-10-16)20-23-24-21(30-20)22-19(28)13-3-7-15(8-4-13)25-17(26)11-12-18(25)27/h3-10H,2,11-12H2,1H3,(H,22,24,28). The van der Waals surface area contributed by atoms with Crippen LogP contribution >= 0.6 is 0 Å². The summed E-state index contributed by atoms with van der Waals surface area (Å²) in [7, 11) is 0. The van der Waals surface area contributed by atoms with E-state index in [1.807, 2.05) is 6.92 Å². The molecule has 0 radical (unpaired) electrons. The van der Waals surface area contributed by atoms with Crippen LogP contribution in [0.5, 0.6) is 5.75 Å². The molecule has 9 nitrogen and oxygen atoms in total. The minimum absolute atomic E-state index is 0.0436. The summed E-state index contributed by atoms with van der Waals surface area (Å²) in [6, 6.07) is 13.2. The van der Waals surface area contributed by atoms with Gasteiger partial charge in [0.25, 0.3) is 5.91 Å². The first-order valence-corrected chi connectivity index (χ1v) is 9.39. The third-order valence-corrected chi connectivity index (χ3v) is 4.50. The molecule has 1 aromatic heterocycles. The number of aromatic nitrogens is 2.